The van der Waals surface area contributed by atoms with Crippen molar-refractivity contribution in [1.29, 1.82) is 0 Å². The zero-order valence-electron chi connectivity index (χ0n) is 12.6. The first-order valence-corrected chi connectivity index (χ1v) is 9.43. The molecule has 0 atom stereocenters. The second-order valence-corrected chi connectivity index (χ2v) is 8.21. The molecule has 1 aromatic rings. The second kappa shape index (κ2) is 6.55. The van der Waals surface area contributed by atoms with Crippen molar-refractivity contribution in [2.75, 3.05) is 13.2 Å². The Labute approximate surface area is 130 Å². The Morgan fingerprint density at radius 1 is 1.29 bits per heavy atom. The van der Waals surface area contributed by atoms with Crippen LogP contribution in [0.4, 0.5) is 0 Å². The monoisotopic (exact) mass is 332 g/mol. The van der Waals surface area contributed by atoms with Gasteiger partial charge in [0.15, 0.2) is 0 Å². The molecule has 0 radical (unpaired) electrons. The van der Waals surface area contributed by atoms with Gasteiger partial charge >= 0.3 is 0 Å². The molecular formula is C15H21ClO4S. The van der Waals surface area contributed by atoms with Crippen LogP contribution in [-0.2, 0) is 13.8 Å². The van der Waals surface area contributed by atoms with Crippen molar-refractivity contribution in [2.45, 2.75) is 50.5 Å². The van der Waals surface area contributed by atoms with Crippen LogP contribution in [0.5, 0.6) is 5.75 Å². The summed E-state index contributed by atoms with van der Waals surface area (Å²) in [5.74, 6) is 0.899. The van der Waals surface area contributed by atoms with E-state index in [0.717, 1.165) is 24.2 Å². The van der Waals surface area contributed by atoms with Crippen molar-refractivity contribution in [1.82, 2.24) is 0 Å². The van der Waals surface area contributed by atoms with E-state index < -0.39 is 9.05 Å². The highest BCUT2D eigenvalue weighted by Crippen LogP contribution is 2.34. The molecule has 118 valence electrons. The first-order chi connectivity index (χ1) is 9.79. The van der Waals surface area contributed by atoms with Crippen molar-refractivity contribution < 1.29 is 17.9 Å². The van der Waals surface area contributed by atoms with Gasteiger partial charge in [0, 0.05) is 23.5 Å². The Morgan fingerprint density at radius 3 is 2.43 bits per heavy atom. The molecule has 1 aromatic carbocycles. The van der Waals surface area contributed by atoms with Crippen molar-refractivity contribution in [2.24, 2.45) is 0 Å². The summed E-state index contributed by atoms with van der Waals surface area (Å²) in [5, 5.41) is 0. The maximum atomic E-state index is 11.6. The van der Waals surface area contributed by atoms with Gasteiger partial charge in [-0.2, -0.15) is 0 Å². The number of aryl methyl sites for hydroxylation is 1. The molecule has 1 aliphatic heterocycles. The predicted octanol–water partition coefficient (Wildman–Crippen LogP) is 3.60. The summed E-state index contributed by atoms with van der Waals surface area (Å²) >= 11 is 0. The van der Waals surface area contributed by atoms with E-state index in [1.807, 2.05) is 13.8 Å². The summed E-state index contributed by atoms with van der Waals surface area (Å²) in [6.07, 6.45) is 1.83. The second-order valence-electron chi connectivity index (χ2n) is 5.68. The molecule has 21 heavy (non-hydrogen) atoms. The van der Waals surface area contributed by atoms with Crippen molar-refractivity contribution >= 4 is 19.7 Å². The zero-order chi connectivity index (χ0) is 15.6. The largest absolute Gasteiger partial charge is 0.490 e. The van der Waals surface area contributed by atoms with Crippen LogP contribution in [0.15, 0.2) is 17.0 Å². The molecule has 0 unspecified atom stereocenters. The van der Waals surface area contributed by atoms with Gasteiger partial charge in [-0.3, -0.25) is 0 Å². The Bertz CT molecular complexity index is 604. The van der Waals surface area contributed by atoms with E-state index in [4.69, 9.17) is 20.2 Å². The van der Waals surface area contributed by atoms with Gasteiger partial charge in [0.25, 0.3) is 9.05 Å². The van der Waals surface area contributed by atoms with Crippen LogP contribution in [0.25, 0.3) is 0 Å². The quantitative estimate of drug-likeness (QED) is 0.790. The highest BCUT2D eigenvalue weighted by molar-refractivity contribution is 8.13. The van der Waals surface area contributed by atoms with Gasteiger partial charge in [-0.25, -0.2) is 8.42 Å². The van der Waals surface area contributed by atoms with Gasteiger partial charge in [-0.05, 0) is 36.1 Å². The maximum absolute atomic E-state index is 11.6. The van der Waals surface area contributed by atoms with Crippen LogP contribution in [0, 0.1) is 6.92 Å². The van der Waals surface area contributed by atoms with Crippen LogP contribution in [-0.4, -0.2) is 27.7 Å². The number of halogens is 1. The molecule has 0 saturated carbocycles. The highest BCUT2D eigenvalue weighted by Gasteiger charge is 2.22. The Morgan fingerprint density at radius 2 is 1.90 bits per heavy atom. The predicted molar refractivity (Wildman–Crippen MR) is 82.8 cm³/mol. The Hall–Kier alpha value is -0.780. The third-order valence-corrected chi connectivity index (χ3v) is 5.12. The third kappa shape index (κ3) is 4.11. The summed E-state index contributed by atoms with van der Waals surface area (Å²) in [6.45, 7) is 7.15. The smallest absolute Gasteiger partial charge is 0.261 e. The first-order valence-electron chi connectivity index (χ1n) is 7.12. The van der Waals surface area contributed by atoms with Crippen LogP contribution in [0.2, 0.25) is 0 Å². The van der Waals surface area contributed by atoms with Gasteiger partial charge in [0.1, 0.15) is 11.9 Å². The van der Waals surface area contributed by atoms with Crippen molar-refractivity contribution in [3.05, 3.63) is 23.3 Å². The molecule has 1 saturated heterocycles. The zero-order valence-corrected chi connectivity index (χ0v) is 14.1. The highest BCUT2D eigenvalue weighted by atomic mass is 35.7. The minimum Gasteiger partial charge on any atom is -0.490 e. The van der Waals surface area contributed by atoms with Gasteiger partial charge in [-0.15, -0.1) is 0 Å². The van der Waals surface area contributed by atoms with E-state index in [2.05, 4.69) is 0 Å². The fraction of sp³-hybridized carbons (Fsp3) is 0.600. The van der Waals surface area contributed by atoms with Crippen LogP contribution in [0.1, 0.15) is 43.7 Å². The lowest BCUT2D eigenvalue weighted by molar-refractivity contribution is 0.0250. The fourth-order valence-corrected chi connectivity index (χ4v) is 3.68. The summed E-state index contributed by atoms with van der Waals surface area (Å²) in [5.41, 5.74) is 1.47. The van der Waals surface area contributed by atoms with E-state index in [1.54, 1.807) is 19.1 Å². The van der Waals surface area contributed by atoms with Gasteiger partial charge in [0.2, 0.25) is 0 Å². The molecule has 4 nitrogen and oxygen atoms in total. The van der Waals surface area contributed by atoms with Gasteiger partial charge in [-0.1, -0.05) is 13.8 Å². The third-order valence-electron chi connectivity index (χ3n) is 3.65. The minimum absolute atomic E-state index is 0.120. The molecule has 1 fully saturated rings. The number of ether oxygens (including phenoxy) is 2. The molecule has 1 aliphatic rings. The lowest BCUT2D eigenvalue weighted by Crippen LogP contribution is -2.26. The number of hydrogen-bond acceptors (Lipinski definition) is 4. The summed E-state index contributed by atoms with van der Waals surface area (Å²) in [4.78, 5) is 0.159. The summed E-state index contributed by atoms with van der Waals surface area (Å²) < 4.78 is 34.7. The lowest BCUT2D eigenvalue weighted by atomic mass is 10.00. The molecule has 0 amide bonds. The molecule has 0 N–H and O–H groups in total. The van der Waals surface area contributed by atoms with Gasteiger partial charge < -0.3 is 9.47 Å². The molecule has 0 bridgehead atoms. The number of benzene rings is 1. The standard InChI is InChI=1S/C15H21ClO4S/c1-10(2)13-9-15(21(16,17)18)11(3)8-14(13)20-12-4-6-19-7-5-12/h8-10,12H,4-7H2,1-3H3. The van der Waals surface area contributed by atoms with E-state index in [9.17, 15) is 8.42 Å². The maximum Gasteiger partial charge on any atom is 0.261 e. The minimum atomic E-state index is -3.74. The van der Waals surface area contributed by atoms with E-state index in [-0.39, 0.29) is 16.9 Å². The molecule has 1 heterocycles. The molecule has 0 aromatic heterocycles. The van der Waals surface area contributed by atoms with Crippen molar-refractivity contribution in [3.8, 4) is 5.75 Å². The summed E-state index contributed by atoms with van der Waals surface area (Å²) in [6, 6.07) is 3.41. The fourth-order valence-electron chi connectivity index (χ4n) is 2.47. The normalized spacial score (nSPS) is 17.2. The van der Waals surface area contributed by atoms with E-state index >= 15 is 0 Å². The van der Waals surface area contributed by atoms with Crippen LogP contribution in [0.3, 0.4) is 0 Å². The molecule has 6 heteroatoms. The Balaban J connectivity index is 2.38. The van der Waals surface area contributed by atoms with Crippen LogP contribution < -0.4 is 4.74 Å². The molecule has 2 rings (SSSR count). The van der Waals surface area contributed by atoms with Crippen molar-refractivity contribution in [3.63, 3.8) is 0 Å². The molecule has 0 aliphatic carbocycles. The van der Waals surface area contributed by atoms with E-state index in [0.29, 0.717) is 18.8 Å². The van der Waals surface area contributed by atoms with Crippen LogP contribution >= 0.6 is 10.7 Å². The topological polar surface area (TPSA) is 52.6 Å². The SMILES string of the molecule is Cc1cc(OC2CCOCC2)c(C(C)C)cc1S(=O)(=O)Cl. The van der Waals surface area contributed by atoms with Gasteiger partial charge in [0.05, 0.1) is 18.1 Å². The average Bonchev–Trinajstić information content (AvgIpc) is 2.38. The van der Waals surface area contributed by atoms with E-state index in [1.165, 1.54) is 0 Å². The summed E-state index contributed by atoms with van der Waals surface area (Å²) in [7, 11) is 1.76. The number of hydrogen-bond donors (Lipinski definition) is 0. The lowest BCUT2D eigenvalue weighted by Gasteiger charge is -2.26. The Kier molecular flexibility index (Phi) is 5.17. The molecule has 0 spiro atoms. The molecular weight excluding hydrogens is 312 g/mol. The average molecular weight is 333 g/mol. The number of rotatable bonds is 4. The first kappa shape index (κ1) is 16.6.